The van der Waals surface area contributed by atoms with E-state index in [1.54, 1.807) is 18.3 Å². The smallest absolute Gasteiger partial charge is 0.323 e. The van der Waals surface area contributed by atoms with Crippen molar-refractivity contribution in [1.29, 1.82) is 0 Å². The molecule has 4 nitrogen and oxygen atoms in total. The number of carboxylic acid groups (broad SMARTS) is 1. The number of rotatable bonds is 3. The Balaban J connectivity index is 2.89. The molecule has 0 amide bonds. The minimum Gasteiger partial charge on any atom is -0.480 e. The Morgan fingerprint density at radius 1 is 1.79 bits per heavy atom. The molecule has 0 spiro atoms. The minimum absolute atomic E-state index is 0.162. The van der Waals surface area contributed by atoms with Gasteiger partial charge in [0.25, 0.3) is 0 Å². The van der Waals surface area contributed by atoms with Gasteiger partial charge in [-0.3, -0.25) is 4.79 Å². The standard InChI is InChI=1S/C9H11ClN2O2/c1-9(11,8(13)14)5-6-3-2-4-12-7(6)10/h2-4H,5,11H2,1H3,(H,13,14). The third kappa shape index (κ3) is 2.43. The number of nitrogens with zero attached hydrogens (tertiary/aromatic N) is 1. The van der Waals surface area contributed by atoms with Crippen molar-refractivity contribution in [2.45, 2.75) is 18.9 Å². The predicted octanol–water partition coefficient (Wildman–Crippen LogP) is 1.08. The highest BCUT2D eigenvalue weighted by Gasteiger charge is 2.28. The van der Waals surface area contributed by atoms with Crippen LogP contribution in [0, 0.1) is 0 Å². The Morgan fingerprint density at radius 3 is 2.93 bits per heavy atom. The van der Waals surface area contributed by atoms with Gasteiger partial charge in [-0.15, -0.1) is 0 Å². The molecule has 1 aromatic rings. The highest BCUT2D eigenvalue weighted by Crippen LogP contribution is 2.17. The third-order valence-corrected chi connectivity index (χ3v) is 2.22. The van der Waals surface area contributed by atoms with Gasteiger partial charge >= 0.3 is 5.97 Å². The number of nitrogens with two attached hydrogens (primary N) is 1. The Labute approximate surface area is 86.7 Å². The quantitative estimate of drug-likeness (QED) is 0.739. The zero-order valence-electron chi connectivity index (χ0n) is 7.70. The van der Waals surface area contributed by atoms with Crippen LogP contribution in [0.25, 0.3) is 0 Å². The second-order valence-electron chi connectivity index (χ2n) is 3.35. The van der Waals surface area contributed by atoms with Gasteiger partial charge < -0.3 is 10.8 Å². The number of aliphatic carboxylic acids is 1. The molecular formula is C9H11ClN2O2. The maximum Gasteiger partial charge on any atom is 0.323 e. The first-order valence-corrected chi connectivity index (χ1v) is 4.43. The van der Waals surface area contributed by atoms with Gasteiger partial charge in [0.15, 0.2) is 0 Å². The van der Waals surface area contributed by atoms with Crippen molar-refractivity contribution in [2.24, 2.45) is 5.73 Å². The monoisotopic (exact) mass is 214 g/mol. The van der Waals surface area contributed by atoms with Crippen molar-refractivity contribution in [3.05, 3.63) is 29.0 Å². The molecule has 0 aliphatic heterocycles. The first-order valence-electron chi connectivity index (χ1n) is 4.05. The second kappa shape index (κ2) is 3.94. The highest BCUT2D eigenvalue weighted by atomic mass is 35.5. The number of halogens is 1. The molecular weight excluding hydrogens is 204 g/mol. The van der Waals surface area contributed by atoms with Gasteiger partial charge in [0.05, 0.1) is 0 Å². The average Bonchev–Trinajstić information content (AvgIpc) is 2.08. The molecule has 0 radical (unpaired) electrons. The van der Waals surface area contributed by atoms with E-state index < -0.39 is 11.5 Å². The van der Waals surface area contributed by atoms with Crippen LogP contribution in [0.15, 0.2) is 18.3 Å². The first-order chi connectivity index (χ1) is 6.43. The summed E-state index contributed by atoms with van der Waals surface area (Å²) in [6.07, 6.45) is 1.70. The van der Waals surface area contributed by atoms with Gasteiger partial charge in [0, 0.05) is 12.6 Å². The average molecular weight is 215 g/mol. The summed E-state index contributed by atoms with van der Waals surface area (Å²) in [5.74, 6) is -1.06. The lowest BCUT2D eigenvalue weighted by molar-refractivity contribution is -0.142. The summed E-state index contributed by atoms with van der Waals surface area (Å²) < 4.78 is 0. The lowest BCUT2D eigenvalue weighted by Crippen LogP contribution is -2.46. The number of aromatic nitrogens is 1. The molecule has 14 heavy (non-hydrogen) atoms. The highest BCUT2D eigenvalue weighted by molar-refractivity contribution is 6.30. The molecule has 1 rings (SSSR count). The van der Waals surface area contributed by atoms with E-state index in [0.29, 0.717) is 10.7 Å². The minimum atomic E-state index is -1.31. The largest absolute Gasteiger partial charge is 0.480 e. The van der Waals surface area contributed by atoms with Crippen LogP contribution in [-0.4, -0.2) is 21.6 Å². The SMILES string of the molecule is CC(N)(Cc1cccnc1Cl)C(=O)O. The van der Waals surface area contributed by atoms with Crippen molar-refractivity contribution in [1.82, 2.24) is 4.98 Å². The molecule has 1 atom stereocenters. The molecule has 3 N–H and O–H groups in total. The Bertz CT molecular complexity index is 352. The Morgan fingerprint density at radius 2 is 2.43 bits per heavy atom. The van der Waals surface area contributed by atoms with E-state index in [4.69, 9.17) is 22.4 Å². The molecule has 0 aliphatic rings. The number of hydrogen-bond acceptors (Lipinski definition) is 3. The summed E-state index contributed by atoms with van der Waals surface area (Å²) in [5.41, 5.74) is 4.90. The van der Waals surface area contributed by atoms with Gasteiger partial charge in [-0.05, 0) is 18.6 Å². The van der Waals surface area contributed by atoms with Crippen molar-refractivity contribution in [2.75, 3.05) is 0 Å². The van der Waals surface area contributed by atoms with Crippen LogP contribution >= 0.6 is 11.6 Å². The lowest BCUT2D eigenvalue weighted by atomic mass is 9.95. The molecule has 0 bridgehead atoms. The van der Waals surface area contributed by atoms with Crippen LogP contribution in [0.4, 0.5) is 0 Å². The van der Waals surface area contributed by atoms with Crippen LogP contribution in [0.3, 0.4) is 0 Å². The fourth-order valence-corrected chi connectivity index (χ4v) is 1.21. The number of pyridine rings is 1. The van der Waals surface area contributed by atoms with E-state index in [1.807, 2.05) is 0 Å². The van der Waals surface area contributed by atoms with Gasteiger partial charge in [-0.2, -0.15) is 0 Å². The third-order valence-electron chi connectivity index (χ3n) is 1.88. The Hall–Kier alpha value is -1.13. The van der Waals surface area contributed by atoms with Crippen molar-refractivity contribution in [3.8, 4) is 0 Å². The van der Waals surface area contributed by atoms with Crippen LogP contribution in [-0.2, 0) is 11.2 Å². The summed E-state index contributed by atoms with van der Waals surface area (Å²) in [6, 6.07) is 3.41. The lowest BCUT2D eigenvalue weighted by Gasteiger charge is -2.19. The van der Waals surface area contributed by atoms with Crippen molar-refractivity contribution >= 4 is 17.6 Å². The Kier molecular flexibility index (Phi) is 3.08. The van der Waals surface area contributed by atoms with Gasteiger partial charge in [0.2, 0.25) is 0 Å². The van der Waals surface area contributed by atoms with Crippen molar-refractivity contribution < 1.29 is 9.90 Å². The summed E-state index contributed by atoms with van der Waals surface area (Å²) in [4.78, 5) is 14.6. The van der Waals surface area contributed by atoms with E-state index in [9.17, 15) is 4.79 Å². The summed E-state index contributed by atoms with van der Waals surface area (Å²) in [7, 11) is 0. The van der Waals surface area contributed by atoms with E-state index in [0.717, 1.165) is 0 Å². The molecule has 76 valence electrons. The first kappa shape index (κ1) is 10.9. The fourth-order valence-electron chi connectivity index (χ4n) is 1.02. The number of carboxylic acids is 1. The molecule has 0 aliphatic carbocycles. The van der Waals surface area contributed by atoms with Crippen LogP contribution in [0.5, 0.6) is 0 Å². The van der Waals surface area contributed by atoms with Crippen LogP contribution < -0.4 is 5.73 Å². The van der Waals surface area contributed by atoms with E-state index in [1.165, 1.54) is 6.92 Å². The molecule has 0 aromatic carbocycles. The zero-order valence-corrected chi connectivity index (χ0v) is 8.45. The van der Waals surface area contributed by atoms with Crippen LogP contribution in [0.1, 0.15) is 12.5 Å². The molecule has 0 saturated heterocycles. The second-order valence-corrected chi connectivity index (χ2v) is 3.71. The maximum absolute atomic E-state index is 10.7. The van der Waals surface area contributed by atoms with E-state index >= 15 is 0 Å². The number of hydrogen-bond donors (Lipinski definition) is 2. The maximum atomic E-state index is 10.7. The number of carbonyl (C=O) groups is 1. The molecule has 1 unspecified atom stereocenters. The molecule has 0 fully saturated rings. The van der Waals surface area contributed by atoms with Crippen molar-refractivity contribution in [3.63, 3.8) is 0 Å². The van der Waals surface area contributed by atoms with Gasteiger partial charge in [-0.1, -0.05) is 17.7 Å². The van der Waals surface area contributed by atoms with Gasteiger partial charge in [-0.25, -0.2) is 4.98 Å². The molecule has 1 heterocycles. The molecule has 5 heteroatoms. The zero-order chi connectivity index (χ0) is 10.8. The molecule has 0 saturated carbocycles. The normalized spacial score (nSPS) is 14.8. The van der Waals surface area contributed by atoms with E-state index in [-0.39, 0.29) is 6.42 Å². The predicted molar refractivity (Wildman–Crippen MR) is 53.2 cm³/mol. The topological polar surface area (TPSA) is 76.2 Å². The summed E-state index contributed by atoms with van der Waals surface area (Å²) in [6.45, 7) is 1.44. The summed E-state index contributed by atoms with van der Waals surface area (Å²) >= 11 is 5.78. The summed E-state index contributed by atoms with van der Waals surface area (Å²) in [5, 5.41) is 9.10. The van der Waals surface area contributed by atoms with Crippen LogP contribution in [0.2, 0.25) is 5.15 Å². The van der Waals surface area contributed by atoms with Gasteiger partial charge in [0.1, 0.15) is 10.7 Å². The van der Waals surface area contributed by atoms with E-state index in [2.05, 4.69) is 4.98 Å². The fraction of sp³-hybridized carbons (Fsp3) is 0.333. The molecule has 1 aromatic heterocycles.